The largest absolute Gasteiger partial charge is 0.310 e. The van der Waals surface area contributed by atoms with E-state index >= 15 is 0 Å². The summed E-state index contributed by atoms with van der Waals surface area (Å²) in [7, 11) is 0. The smallest absolute Gasteiger partial charge is 0.101 e. The van der Waals surface area contributed by atoms with Crippen molar-refractivity contribution in [3.05, 3.63) is 252 Å². The quantitative estimate of drug-likeness (QED) is 0.169. The molecule has 0 aliphatic carbocycles. The summed E-state index contributed by atoms with van der Waals surface area (Å²) in [5.41, 5.74) is 15.7. The molecule has 0 N–H and O–H groups in total. The molecule has 10 aromatic rings. The molecule has 1 aliphatic heterocycles. The maximum atomic E-state index is 10.5. The summed E-state index contributed by atoms with van der Waals surface area (Å²) in [5.74, 6) is 0. The first-order valence-electron chi connectivity index (χ1n) is 20.1. The summed E-state index contributed by atoms with van der Waals surface area (Å²) >= 11 is 0. The Bertz CT molecular complexity index is 3120. The molecule has 1 aliphatic rings. The average Bonchev–Trinajstić information content (AvgIpc) is 3.65. The molecule has 0 saturated heterocycles. The summed E-state index contributed by atoms with van der Waals surface area (Å²) in [6.45, 7) is 0. The molecule has 9 aromatic carbocycles. The summed E-state index contributed by atoms with van der Waals surface area (Å²) in [5, 5.41) is 12.8. The van der Waals surface area contributed by atoms with Crippen LogP contribution in [0.25, 0.3) is 49.7 Å². The van der Waals surface area contributed by atoms with E-state index in [1.807, 2.05) is 12.1 Å². The van der Waals surface area contributed by atoms with E-state index in [-0.39, 0.29) is 0 Å². The molecule has 11 rings (SSSR count). The van der Waals surface area contributed by atoms with Gasteiger partial charge in [0.05, 0.1) is 39.1 Å². The van der Waals surface area contributed by atoms with Gasteiger partial charge >= 0.3 is 0 Å². The predicted molar refractivity (Wildman–Crippen MR) is 243 cm³/mol. The number of nitriles is 1. The number of benzene rings is 9. The number of nitrogens with zero attached hydrogens (tertiary/aromatic N) is 3. The van der Waals surface area contributed by atoms with E-state index < -0.39 is 5.41 Å². The maximum absolute atomic E-state index is 10.5. The Morgan fingerprint density at radius 2 is 0.932 bits per heavy atom. The number of aromatic nitrogens is 1. The predicted octanol–water partition coefficient (Wildman–Crippen LogP) is 14.2. The van der Waals surface area contributed by atoms with Gasteiger partial charge in [0.2, 0.25) is 0 Å². The van der Waals surface area contributed by atoms with Gasteiger partial charge in [-0.05, 0) is 87.5 Å². The van der Waals surface area contributed by atoms with Crippen LogP contribution in [-0.2, 0) is 5.41 Å². The van der Waals surface area contributed by atoms with Crippen molar-refractivity contribution < 1.29 is 0 Å². The van der Waals surface area contributed by atoms with Gasteiger partial charge in [0.25, 0.3) is 0 Å². The summed E-state index contributed by atoms with van der Waals surface area (Å²) in [4.78, 5) is 2.42. The summed E-state index contributed by atoms with van der Waals surface area (Å²) in [6.07, 6.45) is 0. The van der Waals surface area contributed by atoms with E-state index in [1.165, 1.54) is 33.0 Å². The lowest BCUT2D eigenvalue weighted by Gasteiger charge is -2.46. The van der Waals surface area contributed by atoms with E-state index in [0.29, 0.717) is 5.56 Å². The molecule has 59 heavy (non-hydrogen) atoms. The van der Waals surface area contributed by atoms with E-state index in [4.69, 9.17) is 0 Å². The Morgan fingerprint density at radius 1 is 0.407 bits per heavy atom. The van der Waals surface area contributed by atoms with Crippen LogP contribution in [0.5, 0.6) is 0 Å². The number of hydrogen-bond acceptors (Lipinski definition) is 2. The van der Waals surface area contributed by atoms with Crippen molar-refractivity contribution in [1.82, 2.24) is 4.57 Å². The summed E-state index contributed by atoms with van der Waals surface area (Å²) in [6, 6.07) is 82.8. The Morgan fingerprint density at radius 3 is 1.58 bits per heavy atom. The molecule has 0 radical (unpaired) electrons. The van der Waals surface area contributed by atoms with Gasteiger partial charge in [0.15, 0.2) is 0 Å². The first kappa shape index (κ1) is 34.3. The molecular formula is C56H37N3. The van der Waals surface area contributed by atoms with Gasteiger partial charge in [-0.2, -0.15) is 5.26 Å². The third kappa shape index (κ3) is 5.28. The zero-order valence-electron chi connectivity index (χ0n) is 32.2. The molecule has 0 atom stereocenters. The number of fused-ring (bicyclic) bond motifs is 5. The van der Waals surface area contributed by atoms with Crippen LogP contribution in [0.4, 0.5) is 17.1 Å². The lowest BCUT2D eigenvalue weighted by Crippen LogP contribution is -2.37. The molecule has 0 spiro atoms. The van der Waals surface area contributed by atoms with Crippen LogP contribution in [0.3, 0.4) is 0 Å². The standard InChI is InChI=1S/C56H37N3/c57-38-42-17-16-26-46(55(42)59-51-28-13-10-24-47(51)48-25-11-14-29-52(48)59)40-33-31-39(32-34-40)41-35-36-54-50(37-41)56(43-18-4-1-5-19-43,44-20-6-2-7-21-44)49-27-12-15-30-53(49)58(54)45-22-8-3-9-23-45/h1-37H. The second-order valence-corrected chi connectivity index (χ2v) is 15.2. The molecule has 276 valence electrons. The Labute approximate surface area is 343 Å². The molecule has 2 heterocycles. The highest BCUT2D eigenvalue weighted by Gasteiger charge is 2.46. The van der Waals surface area contributed by atoms with Gasteiger partial charge in [-0.3, -0.25) is 0 Å². The van der Waals surface area contributed by atoms with Gasteiger partial charge in [0, 0.05) is 22.0 Å². The van der Waals surface area contributed by atoms with E-state index in [9.17, 15) is 5.26 Å². The SMILES string of the molecule is N#Cc1cccc(-c2ccc(-c3ccc4c(c3)C(c3ccccc3)(c3ccccc3)c3ccccc3N4c3ccccc3)cc2)c1-n1c2ccccc2c2ccccc21. The van der Waals surface area contributed by atoms with Crippen LogP contribution in [0.1, 0.15) is 27.8 Å². The van der Waals surface area contributed by atoms with Crippen molar-refractivity contribution in [3.8, 4) is 34.0 Å². The fourth-order valence-corrected chi connectivity index (χ4v) is 9.61. The highest BCUT2D eigenvalue weighted by Crippen LogP contribution is 2.58. The average molecular weight is 752 g/mol. The highest BCUT2D eigenvalue weighted by molar-refractivity contribution is 6.10. The number of para-hydroxylation sites is 5. The van der Waals surface area contributed by atoms with Crippen LogP contribution < -0.4 is 4.90 Å². The highest BCUT2D eigenvalue weighted by atomic mass is 15.2. The third-order valence-electron chi connectivity index (χ3n) is 12.1. The fraction of sp³-hybridized carbons (Fsp3) is 0.0179. The van der Waals surface area contributed by atoms with Gasteiger partial charge in [-0.15, -0.1) is 0 Å². The molecule has 0 amide bonds. The van der Waals surface area contributed by atoms with E-state index in [2.05, 4.69) is 228 Å². The van der Waals surface area contributed by atoms with Gasteiger partial charge < -0.3 is 9.47 Å². The topological polar surface area (TPSA) is 32.0 Å². The lowest BCUT2D eigenvalue weighted by molar-refractivity contribution is 0.731. The van der Waals surface area contributed by atoms with Crippen LogP contribution in [0, 0.1) is 11.3 Å². The van der Waals surface area contributed by atoms with E-state index in [1.54, 1.807) is 0 Å². The van der Waals surface area contributed by atoms with E-state index in [0.717, 1.165) is 56.0 Å². The minimum Gasteiger partial charge on any atom is -0.310 e. The Hall–Kier alpha value is -7.93. The molecule has 0 unspecified atom stereocenters. The normalized spacial score (nSPS) is 12.8. The minimum absolute atomic E-state index is 0.593. The third-order valence-corrected chi connectivity index (χ3v) is 12.1. The second-order valence-electron chi connectivity index (χ2n) is 15.2. The van der Waals surface area contributed by atoms with Crippen molar-refractivity contribution in [1.29, 1.82) is 5.26 Å². The van der Waals surface area contributed by atoms with Crippen LogP contribution in [0.2, 0.25) is 0 Å². The first-order chi connectivity index (χ1) is 29.3. The molecule has 0 bridgehead atoms. The number of hydrogen-bond donors (Lipinski definition) is 0. The van der Waals surface area contributed by atoms with Crippen molar-refractivity contribution in [3.63, 3.8) is 0 Å². The van der Waals surface area contributed by atoms with Crippen molar-refractivity contribution in [2.75, 3.05) is 4.90 Å². The van der Waals surface area contributed by atoms with Crippen LogP contribution >= 0.6 is 0 Å². The number of rotatable bonds is 6. The first-order valence-corrected chi connectivity index (χ1v) is 20.1. The Balaban J connectivity index is 1.11. The molecule has 3 nitrogen and oxygen atoms in total. The second kappa shape index (κ2) is 13.9. The molecule has 0 saturated carbocycles. The molecule has 1 aromatic heterocycles. The van der Waals surface area contributed by atoms with Crippen molar-refractivity contribution >= 4 is 38.9 Å². The Kier molecular flexibility index (Phi) is 8.10. The van der Waals surface area contributed by atoms with Gasteiger partial charge in [-0.25, -0.2) is 0 Å². The maximum Gasteiger partial charge on any atom is 0.101 e. The van der Waals surface area contributed by atoms with Crippen molar-refractivity contribution in [2.45, 2.75) is 5.41 Å². The van der Waals surface area contributed by atoms with Crippen LogP contribution in [-0.4, -0.2) is 4.57 Å². The lowest BCUT2D eigenvalue weighted by atomic mass is 9.62. The van der Waals surface area contributed by atoms with Crippen molar-refractivity contribution in [2.24, 2.45) is 0 Å². The van der Waals surface area contributed by atoms with Gasteiger partial charge in [0.1, 0.15) is 6.07 Å². The molecule has 3 heteroatoms. The minimum atomic E-state index is -0.593. The molecule has 0 fully saturated rings. The monoisotopic (exact) mass is 751 g/mol. The molecular weight excluding hydrogens is 715 g/mol. The zero-order valence-corrected chi connectivity index (χ0v) is 32.2. The number of anilines is 3. The van der Waals surface area contributed by atoms with Crippen LogP contribution in [0.15, 0.2) is 224 Å². The van der Waals surface area contributed by atoms with Gasteiger partial charge in [-0.1, -0.05) is 176 Å². The fourth-order valence-electron chi connectivity index (χ4n) is 9.61. The zero-order chi connectivity index (χ0) is 39.3. The summed E-state index contributed by atoms with van der Waals surface area (Å²) < 4.78 is 2.26.